The molecule has 256 valence electrons. The summed E-state index contributed by atoms with van der Waals surface area (Å²) in [7, 11) is 0. The van der Waals surface area contributed by atoms with E-state index >= 15 is 0 Å². The van der Waals surface area contributed by atoms with E-state index in [1.807, 2.05) is 45.9 Å². The second-order valence-corrected chi connectivity index (χ2v) is 15.1. The van der Waals surface area contributed by atoms with E-state index in [1.54, 1.807) is 30.3 Å². The average molecular weight is 708 g/mol. The van der Waals surface area contributed by atoms with Crippen LogP contribution in [0.4, 0.5) is 4.79 Å². The molecule has 1 saturated heterocycles. The number of aliphatic hydroxyl groups is 1. The quantitative estimate of drug-likeness (QED) is 0.155. The predicted molar refractivity (Wildman–Crippen MR) is 184 cm³/mol. The summed E-state index contributed by atoms with van der Waals surface area (Å²) < 4.78 is 8.73. The molecule has 4 rings (SSSR count). The Morgan fingerprint density at radius 1 is 1.04 bits per heavy atom. The van der Waals surface area contributed by atoms with Gasteiger partial charge in [0.25, 0.3) is 5.91 Å². The third kappa shape index (κ3) is 10.5. The molecule has 5 N–H and O–H groups in total. The highest BCUT2D eigenvalue weighted by Gasteiger charge is 2.39. The summed E-state index contributed by atoms with van der Waals surface area (Å²) in [5.41, 5.74) is 0.855. The molecule has 1 saturated carbocycles. The van der Waals surface area contributed by atoms with Gasteiger partial charge >= 0.3 is 6.09 Å². The van der Waals surface area contributed by atoms with Crippen LogP contribution in [0.15, 0.2) is 48.5 Å². The SMILES string of the molecule is CC(C)C[C@H](SNC(=O)OC(c1ccc(Cl)cc1)C(C)(C)c1cccc(Cl)c1)C(=O)N[C@@H](C[C@@H]1CCNC1=O)C(O)C(=O)NC1CC1. The van der Waals surface area contributed by atoms with Crippen molar-refractivity contribution >= 4 is 59.0 Å². The Morgan fingerprint density at radius 2 is 1.74 bits per heavy atom. The number of rotatable bonds is 15. The van der Waals surface area contributed by atoms with Gasteiger partial charge in [-0.25, -0.2) is 4.79 Å². The normalized spacial score (nSPS) is 18.9. The summed E-state index contributed by atoms with van der Waals surface area (Å²) >= 11 is 13.3. The highest BCUT2D eigenvalue weighted by Crippen LogP contribution is 2.41. The van der Waals surface area contributed by atoms with Crippen LogP contribution in [0, 0.1) is 11.8 Å². The second kappa shape index (κ2) is 16.4. The zero-order valence-corrected chi connectivity index (χ0v) is 29.4. The smallest absolute Gasteiger partial charge is 0.417 e. The molecule has 1 heterocycles. The van der Waals surface area contributed by atoms with Crippen LogP contribution >= 0.6 is 35.1 Å². The Kier molecular flexibility index (Phi) is 12.9. The Hall–Kier alpha value is -2.99. The topological polar surface area (TPSA) is 146 Å². The Balaban J connectivity index is 1.48. The molecule has 0 radical (unpaired) electrons. The van der Waals surface area contributed by atoms with Gasteiger partial charge in [-0.3, -0.25) is 19.1 Å². The lowest BCUT2D eigenvalue weighted by molar-refractivity contribution is -0.133. The second-order valence-electron chi connectivity index (χ2n) is 13.3. The Morgan fingerprint density at radius 3 is 2.34 bits per heavy atom. The Labute approximate surface area is 290 Å². The van der Waals surface area contributed by atoms with Crippen molar-refractivity contribution in [2.45, 2.75) is 94.8 Å². The number of halogens is 2. The fourth-order valence-corrected chi connectivity index (χ4v) is 6.87. The molecule has 47 heavy (non-hydrogen) atoms. The largest absolute Gasteiger partial charge is 0.440 e. The number of hydrogen-bond donors (Lipinski definition) is 5. The van der Waals surface area contributed by atoms with Crippen molar-refractivity contribution in [2.75, 3.05) is 6.54 Å². The first-order chi connectivity index (χ1) is 22.2. The first-order valence-electron chi connectivity index (χ1n) is 15.9. The van der Waals surface area contributed by atoms with Crippen molar-refractivity contribution < 1.29 is 29.0 Å². The molecule has 2 aromatic rings. The van der Waals surface area contributed by atoms with Gasteiger partial charge in [0.05, 0.1) is 6.04 Å². The van der Waals surface area contributed by atoms with Crippen LogP contribution in [0.5, 0.6) is 0 Å². The highest BCUT2D eigenvalue weighted by molar-refractivity contribution is 7.99. The van der Waals surface area contributed by atoms with E-state index in [0.717, 1.165) is 30.4 Å². The third-order valence-corrected chi connectivity index (χ3v) is 9.95. The van der Waals surface area contributed by atoms with E-state index < -0.39 is 52.7 Å². The Bertz CT molecular complexity index is 1420. The number of nitrogens with one attached hydrogen (secondary N) is 4. The van der Waals surface area contributed by atoms with Crippen molar-refractivity contribution in [1.29, 1.82) is 0 Å². The van der Waals surface area contributed by atoms with E-state index in [1.165, 1.54) is 0 Å². The van der Waals surface area contributed by atoms with Crippen molar-refractivity contribution in [1.82, 2.24) is 20.7 Å². The minimum atomic E-state index is -1.54. The third-order valence-electron chi connectivity index (χ3n) is 8.49. The summed E-state index contributed by atoms with van der Waals surface area (Å²) in [6.07, 6.45) is -0.341. The van der Waals surface area contributed by atoms with Crippen molar-refractivity contribution in [3.8, 4) is 0 Å². The molecule has 0 bridgehead atoms. The molecule has 5 atom stereocenters. The molecule has 1 aliphatic heterocycles. The van der Waals surface area contributed by atoms with Gasteiger partial charge in [-0.05, 0) is 85.4 Å². The van der Waals surface area contributed by atoms with Crippen LogP contribution in [-0.2, 0) is 24.5 Å². The van der Waals surface area contributed by atoms with Crippen molar-refractivity contribution in [3.63, 3.8) is 0 Å². The fourth-order valence-electron chi connectivity index (χ4n) is 5.61. The monoisotopic (exact) mass is 706 g/mol. The standard InChI is InChI=1S/C34H44Cl2N4O6S/c1-19(2)16-27(31(43)39-26(17-21-14-15-37-30(21)42)28(41)32(44)38-25-12-13-25)47-40-33(45)46-29(20-8-10-23(35)11-9-20)34(3,4)22-6-5-7-24(36)18-22/h5-11,18-19,21,25-29,41H,12-17H2,1-4H3,(H,37,42)(H,38,44)(H,39,43)(H,40,45)/t21-,26-,27-,28?,29?/m0/s1. The zero-order chi connectivity index (χ0) is 34.3. The minimum Gasteiger partial charge on any atom is -0.440 e. The maximum absolute atomic E-state index is 13.7. The van der Waals surface area contributed by atoms with Gasteiger partial charge in [-0.2, -0.15) is 0 Å². The van der Waals surface area contributed by atoms with Crippen LogP contribution < -0.4 is 20.7 Å². The molecule has 2 fully saturated rings. The molecule has 2 aromatic carbocycles. The molecule has 0 spiro atoms. The molecule has 10 nitrogen and oxygen atoms in total. The van der Waals surface area contributed by atoms with Gasteiger partial charge < -0.3 is 25.8 Å². The minimum absolute atomic E-state index is 0.0169. The predicted octanol–water partition coefficient (Wildman–Crippen LogP) is 5.45. The van der Waals surface area contributed by atoms with Crippen LogP contribution in [0.1, 0.15) is 77.0 Å². The lowest BCUT2D eigenvalue weighted by Gasteiger charge is -2.35. The summed E-state index contributed by atoms with van der Waals surface area (Å²) in [6, 6.07) is 13.4. The maximum atomic E-state index is 13.7. The molecule has 2 aliphatic rings. The van der Waals surface area contributed by atoms with E-state index in [0.29, 0.717) is 35.0 Å². The number of amides is 4. The van der Waals surface area contributed by atoms with E-state index in [-0.39, 0.29) is 24.3 Å². The van der Waals surface area contributed by atoms with Crippen molar-refractivity contribution in [3.05, 3.63) is 69.7 Å². The number of carbonyl (C=O) groups is 4. The van der Waals surface area contributed by atoms with Gasteiger partial charge in [0, 0.05) is 34.0 Å². The zero-order valence-electron chi connectivity index (χ0n) is 27.1. The summed E-state index contributed by atoms with van der Waals surface area (Å²) in [6.45, 7) is 8.28. The number of ether oxygens (including phenoxy) is 1. The lowest BCUT2D eigenvalue weighted by atomic mass is 9.76. The molecular formula is C34H44Cl2N4O6S. The van der Waals surface area contributed by atoms with Gasteiger partial charge in [0.2, 0.25) is 11.8 Å². The van der Waals surface area contributed by atoms with Gasteiger partial charge in [-0.15, -0.1) is 0 Å². The summed E-state index contributed by atoms with van der Waals surface area (Å²) in [5, 5.41) is 19.6. The molecule has 1 aliphatic carbocycles. The van der Waals surface area contributed by atoms with Crippen LogP contribution in [0.3, 0.4) is 0 Å². The number of carbonyl (C=O) groups excluding carboxylic acids is 4. The molecular weight excluding hydrogens is 663 g/mol. The van der Waals surface area contributed by atoms with Crippen LogP contribution in [-0.4, -0.2) is 58.9 Å². The van der Waals surface area contributed by atoms with Gasteiger partial charge in [0.1, 0.15) is 11.4 Å². The first-order valence-corrected chi connectivity index (χ1v) is 17.6. The van der Waals surface area contributed by atoms with E-state index in [2.05, 4.69) is 20.7 Å². The van der Waals surface area contributed by atoms with E-state index in [4.69, 9.17) is 27.9 Å². The molecule has 2 unspecified atom stereocenters. The van der Waals surface area contributed by atoms with Crippen LogP contribution in [0.25, 0.3) is 0 Å². The van der Waals surface area contributed by atoms with Gasteiger partial charge in [0.15, 0.2) is 6.10 Å². The molecule has 13 heteroatoms. The van der Waals surface area contributed by atoms with Crippen molar-refractivity contribution in [2.24, 2.45) is 11.8 Å². The number of hydrogen-bond acceptors (Lipinski definition) is 7. The molecule has 0 aromatic heterocycles. The lowest BCUT2D eigenvalue weighted by Crippen LogP contribution is -2.54. The van der Waals surface area contributed by atoms with Gasteiger partial charge in [-0.1, -0.05) is 75.2 Å². The van der Waals surface area contributed by atoms with E-state index in [9.17, 15) is 24.3 Å². The average Bonchev–Trinajstić information content (AvgIpc) is 3.75. The number of benzene rings is 2. The first kappa shape index (κ1) is 36.8. The summed E-state index contributed by atoms with van der Waals surface area (Å²) in [4.78, 5) is 52.1. The number of aliphatic hydroxyl groups excluding tert-OH is 1. The van der Waals surface area contributed by atoms with Crippen LogP contribution in [0.2, 0.25) is 10.0 Å². The fraction of sp³-hybridized carbons (Fsp3) is 0.529. The summed E-state index contributed by atoms with van der Waals surface area (Å²) in [5.74, 6) is -1.60. The molecule has 4 amide bonds. The maximum Gasteiger partial charge on any atom is 0.417 e. The highest BCUT2D eigenvalue weighted by atomic mass is 35.5.